The molecule has 1 spiro atoms. The Morgan fingerprint density at radius 3 is 2.62 bits per heavy atom. The Bertz CT molecular complexity index is 1100. The molecule has 0 saturated carbocycles. The molecule has 29 heavy (non-hydrogen) atoms. The SMILES string of the molecule is Clc1ccc2c(c1)CC1(Cc3nnc(C4CN(c5ncccn5)C4)n3-2)OC=CO1. The zero-order valence-corrected chi connectivity index (χ0v) is 16.2. The first-order valence-corrected chi connectivity index (χ1v) is 9.84. The summed E-state index contributed by atoms with van der Waals surface area (Å²) in [5.74, 6) is 1.92. The fourth-order valence-electron chi connectivity index (χ4n) is 4.24. The quantitative estimate of drug-likeness (QED) is 0.645. The van der Waals surface area contributed by atoms with Crippen LogP contribution < -0.4 is 4.90 Å². The maximum atomic E-state index is 6.30. The van der Waals surface area contributed by atoms with Crippen molar-refractivity contribution in [1.82, 2.24) is 24.7 Å². The van der Waals surface area contributed by atoms with E-state index in [1.165, 1.54) is 0 Å². The second-order valence-electron chi connectivity index (χ2n) is 7.51. The standard InChI is InChI=1S/C20H17ClN6O2/c21-15-2-3-16-13(8-15)9-20(28-6-7-29-20)10-17-24-25-18(27(16)17)14-11-26(12-14)19-22-4-1-5-23-19/h1-8,14H,9-12H2. The largest absolute Gasteiger partial charge is 0.456 e. The Labute approximate surface area is 171 Å². The highest BCUT2D eigenvalue weighted by Gasteiger charge is 2.43. The first-order chi connectivity index (χ1) is 14.2. The number of fused-ring (bicyclic) bond motifs is 3. The van der Waals surface area contributed by atoms with E-state index in [0.717, 1.165) is 41.9 Å². The molecule has 1 fully saturated rings. The third kappa shape index (κ3) is 2.66. The molecule has 8 nitrogen and oxygen atoms in total. The van der Waals surface area contributed by atoms with E-state index >= 15 is 0 Å². The van der Waals surface area contributed by atoms with Gasteiger partial charge in [0.05, 0.1) is 24.4 Å². The van der Waals surface area contributed by atoms with Gasteiger partial charge in [0, 0.05) is 30.5 Å². The highest BCUT2D eigenvalue weighted by atomic mass is 35.5. The lowest BCUT2D eigenvalue weighted by Crippen LogP contribution is -2.47. The second kappa shape index (κ2) is 6.18. The minimum absolute atomic E-state index is 0.237. The summed E-state index contributed by atoms with van der Waals surface area (Å²) in [4.78, 5) is 10.8. The molecule has 6 rings (SSSR count). The van der Waals surface area contributed by atoms with Gasteiger partial charge in [0.15, 0.2) is 0 Å². The molecule has 0 amide bonds. The summed E-state index contributed by atoms with van der Waals surface area (Å²) in [6.45, 7) is 1.59. The van der Waals surface area contributed by atoms with Crippen molar-refractivity contribution < 1.29 is 9.47 Å². The van der Waals surface area contributed by atoms with Crippen molar-refractivity contribution in [3.05, 3.63) is 71.4 Å². The molecule has 0 atom stereocenters. The van der Waals surface area contributed by atoms with Crippen LogP contribution in [0, 0.1) is 0 Å². The minimum atomic E-state index is -0.804. The van der Waals surface area contributed by atoms with Gasteiger partial charge in [-0.25, -0.2) is 9.97 Å². The summed E-state index contributed by atoms with van der Waals surface area (Å²) in [6, 6.07) is 7.70. The molecule has 146 valence electrons. The molecular weight excluding hydrogens is 392 g/mol. The smallest absolute Gasteiger partial charge is 0.260 e. The molecule has 1 aromatic carbocycles. The van der Waals surface area contributed by atoms with Crippen LogP contribution in [0.4, 0.5) is 5.95 Å². The van der Waals surface area contributed by atoms with E-state index in [2.05, 4.69) is 29.6 Å². The van der Waals surface area contributed by atoms with Gasteiger partial charge in [-0.2, -0.15) is 0 Å². The van der Waals surface area contributed by atoms with Gasteiger partial charge in [0.2, 0.25) is 5.95 Å². The Balaban J connectivity index is 1.38. The Kier molecular flexibility index (Phi) is 3.58. The number of nitrogens with zero attached hydrogens (tertiary/aromatic N) is 6. The molecule has 3 aromatic rings. The molecule has 0 N–H and O–H groups in total. The first kappa shape index (κ1) is 16.8. The van der Waals surface area contributed by atoms with E-state index in [1.807, 2.05) is 24.3 Å². The van der Waals surface area contributed by atoms with Crippen LogP contribution >= 0.6 is 11.6 Å². The van der Waals surface area contributed by atoms with Crippen LogP contribution in [0.1, 0.15) is 23.1 Å². The predicted octanol–water partition coefficient (Wildman–Crippen LogP) is 2.63. The summed E-state index contributed by atoms with van der Waals surface area (Å²) in [5.41, 5.74) is 2.07. The molecule has 0 aliphatic carbocycles. The van der Waals surface area contributed by atoms with Gasteiger partial charge in [-0.05, 0) is 29.8 Å². The normalized spacial score (nSPS) is 19.1. The number of hydrogen-bond donors (Lipinski definition) is 0. The maximum absolute atomic E-state index is 6.30. The molecule has 2 aromatic heterocycles. The highest BCUT2D eigenvalue weighted by Crippen LogP contribution is 2.38. The van der Waals surface area contributed by atoms with Crippen molar-refractivity contribution in [1.29, 1.82) is 0 Å². The molecule has 5 heterocycles. The number of halogens is 1. The van der Waals surface area contributed by atoms with Gasteiger partial charge < -0.3 is 14.4 Å². The molecule has 0 radical (unpaired) electrons. The van der Waals surface area contributed by atoms with Crippen molar-refractivity contribution in [2.75, 3.05) is 18.0 Å². The van der Waals surface area contributed by atoms with Crippen molar-refractivity contribution in [3.8, 4) is 5.69 Å². The van der Waals surface area contributed by atoms with Crippen molar-refractivity contribution in [3.63, 3.8) is 0 Å². The molecule has 9 heteroatoms. The zero-order valence-electron chi connectivity index (χ0n) is 15.4. The van der Waals surface area contributed by atoms with E-state index in [4.69, 9.17) is 21.1 Å². The van der Waals surface area contributed by atoms with E-state index < -0.39 is 5.79 Å². The van der Waals surface area contributed by atoms with E-state index in [-0.39, 0.29) is 5.92 Å². The topological polar surface area (TPSA) is 78.2 Å². The van der Waals surface area contributed by atoms with Crippen LogP contribution in [0.2, 0.25) is 5.02 Å². The highest BCUT2D eigenvalue weighted by molar-refractivity contribution is 6.30. The van der Waals surface area contributed by atoms with Crippen LogP contribution in [0.5, 0.6) is 0 Å². The number of benzene rings is 1. The number of anilines is 1. The third-order valence-electron chi connectivity index (χ3n) is 5.63. The Morgan fingerprint density at radius 1 is 1.03 bits per heavy atom. The fourth-order valence-corrected chi connectivity index (χ4v) is 4.43. The van der Waals surface area contributed by atoms with Gasteiger partial charge in [-0.1, -0.05) is 11.6 Å². The predicted molar refractivity (Wildman–Crippen MR) is 105 cm³/mol. The van der Waals surface area contributed by atoms with Crippen LogP contribution in [0.3, 0.4) is 0 Å². The fraction of sp³-hybridized carbons (Fsp3) is 0.300. The average Bonchev–Trinajstić information content (AvgIpc) is 3.27. The van der Waals surface area contributed by atoms with Crippen LogP contribution in [0.15, 0.2) is 49.2 Å². The molecule has 0 bridgehead atoms. The maximum Gasteiger partial charge on any atom is 0.260 e. The summed E-state index contributed by atoms with van der Waals surface area (Å²) in [5, 5.41) is 9.73. The molecule has 3 aliphatic rings. The van der Waals surface area contributed by atoms with Gasteiger partial charge in [-0.15, -0.1) is 10.2 Å². The van der Waals surface area contributed by atoms with Crippen LogP contribution in [-0.2, 0) is 22.3 Å². The second-order valence-corrected chi connectivity index (χ2v) is 7.94. The summed E-state index contributed by atoms with van der Waals surface area (Å²) < 4.78 is 13.8. The monoisotopic (exact) mass is 408 g/mol. The zero-order chi connectivity index (χ0) is 19.4. The van der Waals surface area contributed by atoms with Crippen LogP contribution in [-0.4, -0.2) is 43.6 Å². The molecular formula is C20H17ClN6O2. The lowest BCUT2D eigenvalue weighted by Gasteiger charge is -2.38. The number of rotatable bonds is 2. The number of ether oxygens (including phenoxy) is 2. The summed E-state index contributed by atoms with van der Waals surface area (Å²) >= 11 is 6.30. The minimum Gasteiger partial charge on any atom is -0.456 e. The third-order valence-corrected chi connectivity index (χ3v) is 5.86. The van der Waals surface area contributed by atoms with Gasteiger partial charge in [0.25, 0.3) is 5.79 Å². The van der Waals surface area contributed by atoms with E-state index in [0.29, 0.717) is 17.9 Å². The van der Waals surface area contributed by atoms with Gasteiger partial charge in [-0.3, -0.25) is 4.57 Å². The van der Waals surface area contributed by atoms with Gasteiger partial charge >= 0.3 is 0 Å². The van der Waals surface area contributed by atoms with E-state index in [1.54, 1.807) is 24.9 Å². The molecule has 3 aliphatic heterocycles. The Hall–Kier alpha value is -3.13. The summed E-state index contributed by atoms with van der Waals surface area (Å²) in [6.07, 6.45) is 7.76. The first-order valence-electron chi connectivity index (χ1n) is 9.46. The number of aromatic nitrogens is 5. The average molecular weight is 409 g/mol. The molecule has 1 saturated heterocycles. The molecule has 0 unspecified atom stereocenters. The Morgan fingerprint density at radius 2 is 1.83 bits per heavy atom. The number of hydrogen-bond acceptors (Lipinski definition) is 7. The van der Waals surface area contributed by atoms with E-state index in [9.17, 15) is 0 Å². The van der Waals surface area contributed by atoms with Gasteiger partial charge in [0.1, 0.15) is 24.2 Å². The summed E-state index contributed by atoms with van der Waals surface area (Å²) in [7, 11) is 0. The lowest BCUT2D eigenvalue weighted by molar-refractivity contribution is -0.139. The van der Waals surface area contributed by atoms with Crippen molar-refractivity contribution in [2.24, 2.45) is 0 Å². The van der Waals surface area contributed by atoms with Crippen LogP contribution in [0.25, 0.3) is 5.69 Å². The van der Waals surface area contributed by atoms with Crippen molar-refractivity contribution in [2.45, 2.75) is 24.5 Å². The lowest BCUT2D eigenvalue weighted by atomic mass is 9.99. The van der Waals surface area contributed by atoms with Crippen molar-refractivity contribution >= 4 is 17.5 Å².